The van der Waals surface area contributed by atoms with E-state index in [1.54, 1.807) is 30.6 Å². The minimum atomic E-state index is -0.294. The monoisotopic (exact) mass is 372 g/mol. The van der Waals surface area contributed by atoms with Gasteiger partial charge in [0.25, 0.3) is 5.91 Å². The van der Waals surface area contributed by atoms with Crippen molar-refractivity contribution in [2.24, 2.45) is 0 Å². The van der Waals surface area contributed by atoms with Crippen LogP contribution in [-0.4, -0.2) is 33.1 Å². The van der Waals surface area contributed by atoms with Crippen LogP contribution in [0.25, 0.3) is 0 Å². The van der Waals surface area contributed by atoms with Crippen LogP contribution in [0.15, 0.2) is 47.9 Å². The summed E-state index contributed by atoms with van der Waals surface area (Å²) in [6.45, 7) is 6.23. The predicted molar refractivity (Wildman–Crippen MR) is 103 cm³/mol. The van der Waals surface area contributed by atoms with Crippen LogP contribution in [0.4, 0.5) is 0 Å². The van der Waals surface area contributed by atoms with Gasteiger partial charge in [0, 0.05) is 30.5 Å². The molecule has 2 amide bonds. The highest BCUT2D eigenvalue weighted by atomic mass is 32.2. The lowest BCUT2D eigenvalue weighted by molar-refractivity contribution is -0.120. The van der Waals surface area contributed by atoms with E-state index in [9.17, 15) is 9.59 Å². The van der Waals surface area contributed by atoms with Crippen molar-refractivity contribution >= 4 is 23.6 Å². The maximum atomic E-state index is 12.2. The van der Waals surface area contributed by atoms with E-state index < -0.39 is 0 Å². The van der Waals surface area contributed by atoms with Gasteiger partial charge in [-0.3, -0.25) is 9.59 Å². The van der Waals surface area contributed by atoms with Gasteiger partial charge >= 0.3 is 0 Å². The van der Waals surface area contributed by atoms with Gasteiger partial charge in [-0.25, -0.2) is 9.97 Å². The summed E-state index contributed by atoms with van der Waals surface area (Å²) >= 11 is 1.31. The summed E-state index contributed by atoms with van der Waals surface area (Å²) < 4.78 is 0. The molecule has 0 aliphatic heterocycles. The number of thioether (sulfide) groups is 1. The Hall–Kier alpha value is -2.41. The van der Waals surface area contributed by atoms with E-state index in [4.69, 9.17) is 0 Å². The lowest BCUT2D eigenvalue weighted by atomic mass is 10.1. The van der Waals surface area contributed by atoms with E-state index in [0.717, 1.165) is 12.0 Å². The first-order chi connectivity index (χ1) is 12.5. The Morgan fingerprint density at radius 1 is 1.12 bits per heavy atom. The summed E-state index contributed by atoms with van der Waals surface area (Å²) in [4.78, 5) is 32.5. The summed E-state index contributed by atoms with van der Waals surface area (Å²) in [7, 11) is 0. The zero-order valence-corrected chi connectivity index (χ0v) is 16.0. The SMILES string of the molecule is CC[C@@H](C)NC(=O)c1ccc(CNC(=O)[C@H](C)Sc2ncccn2)cc1. The molecule has 0 bridgehead atoms. The normalized spacial score (nSPS) is 12.9. The number of amides is 2. The molecular formula is C19H24N4O2S. The van der Waals surface area contributed by atoms with Gasteiger partial charge in [0.1, 0.15) is 0 Å². The molecule has 1 heterocycles. The smallest absolute Gasteiger partial charge is 0.251 e. The fourth-order valence-electron chi connectivity index (χ4n) is 2.07. The highest BCUT2D eigenvalue weighted by Crippen LogP contribution is 2.18. The minimum absolute atomic E-state index is 0.0807. The predicted octanol–water partition coefficient (Wildman–Crippen LogP) is 2.80. The fourth-order valence-corrected chi connectivity index (χ4v) is 2.82. The summed E-state index contributed by atoms with van der Waals surface area (Å²) in [5, 5.41) is 6.11. The second-order valence-electron chi connectivity index (χ2n) is 5.99. The molecule has 2 rings (SSSR count). The molecule has 1 aromatic heterocycles. The summed E-state index contributed by atoms with van der Waals surface area (Å²) in [6.07, 6.45) is 4.19. The van der Waals surface area contributed by atoms with Crippen LogP contribution in [0.5, 0.6) is 0 Å². The molecule has 6 nitrogen and oxygen atoms in total. The Balaban J connectivity index is 1.83. The lowest BCUT2D eigenvalue weighted by Crippen LogP contribution is -2.32. The maximum absolute atomic E-state index is 12.2. The number of carbonyl (C=O) groups is 2. The van der Waals surface area contributed by atoms with Crippen molar-refractivity contribution in [3.63, 3.8) is 0 Å². The first-order valence-electron chi connectivity index (χ1n) is 8.60. The third-order valence-corrected chi connectivity index (χ3v) is 4.86. The number of rotatable bonds is 8. The number of nitrogens with one attached hydrogen (secondary N) is 2. The van der Waals surface area contributed by atoms with Crippen molar-refractivity contribution in [3.05, 3.63) is 53.9 Å². The molecule has 0 saturated heterocycles. The van der Waals surface area contributed by atoms with Crippen molar-refractivity contribution in [2.45, 2.75) is 50.2 Å². The van der Waals surface area contributed by atoms with Crippen LogP contribution >= 0.6 is 11.8 Å². The molecule has 0 aliphatic rings. The molecule has 26 heavy (non-hydrogen) atoms. The number of aromatic nitrogens is 2. The third kappa shape index (κ3) is 6.15. The van der Waals surface area contributed by atoms with Crippen molar-refractivity contribution in [1.82, 2.24) is 20.6 Å². The number of nitrogens with zero attached hydrogens (tertiary/aromatic N) is 2. The summed E-state index contributed by atoms with van der Waals surface area (Å²) in [5.74, 6) is -0.163. The van der Waals surface area contributed by atoms with Gasteiger partial charge in [0.2, 0.25) is 5.91 Å². The fraction of sp³-hybridized carbons (Fsp3) is 0.368. The third-order valence-electron chi connectivity index (χ3n) is 3.87. The molecule has 0 unspecified atom stereocenters. The maximum Gasteiger partial charge on any atom is 0.251 e. The first kappa shape index (κ1) is 19.9. The van der Waals surface area contributed by atoms with Crippen LogP contribution in [0.2, 0.25) is 0 Å². The van der Waals surface area contributed by atoms with Crippen molar-refractivity contribution in [1.29, 1.82) is 0 Å². The molecule has 1 aromatic carbocycles. The molecule has 0 saturated carbocycles. The van der Waals surface area contributed by atoms with E-state index in [1.165, 1.54) is 11.8 Å². The average Bonchev–Trinajstić information content (AvgIpc) is 2.67. The van der Waals surface area contributed by atoms with Gasteiger partial charge in [-0.15, -0.1) is 0 Å². The van der Waals surface area contributed by atoms with Gasteiger partial charge in [0.15, 0.2) is 5.16 Å². The van der Waals surface area contributed by atoms with Crippen LogP contribution in [0, 0.1) is 0 Å². The summed E-state index contributed by atoms with van der Waals surface area (Å²) in [5.41, 5.74) is 1.55. The van der Waals surface area contributed by atoms with Gasteiger partial charge in [-0.05, 0) is 44.0 Å². The molecule has 0 spiro atoms. The van der Waals surface area contributed by atoms with E-state index >= 15 is 0 Å². The van der Waals surface area contributed by atoms with Gasteiger partial charge in [0.05, 0.1) is 5.25 Å². The zero-order valence-electron chi connectivity index (χ0n) is 15.2. The standard InChI is InChI=1S/C19H24N4O2S/c1-4-13(2)23-18(25)16-8-6-15(7-9-16)12-22-17(24)14(3)26-19-20-10-5-11-21-19/h5-11,13-14H,4,12H2,1-3H3,(H,22,24)(H,23,25)/t13-,14+/m1/s1. The van der Waals surface area contributed by atoms with Crippen LogP contribution in [0.3, 0.4) is 0 Å². The van der Waals surface area contributed by atoms with Crippen molar-refractivity contribution in [3.8, 4) is 0 Å². The zero-order chi connectivity index (χ0) is 18.9. The summed E-state index contributed by atoms with van der Waals surface area (Å²) in [6, 6.07) is 9.13. The Bertz CT molecular complexity index is 722. The first-order valence-corrected chi connectivity index (χ1v) is 9.48. The topological polar surface area (TPSA) is 84.0 Å². The van der Waals surface area contributed by atoms with Gasteiger partial charge in [-0.1, -0.05) is 30.8 Å². The number of hydrogen-bond acceptors (Lipinski definition) is 5. The number of carbonyl (C=O) groups excluding carboxylic acids is 2. The highest BCUT2D eigenvalue weighted by molar-refractivity contribution is 8.00. The Morgan fingerprint density at radius 2 is 1.77 bits per heavy atom. The molecule has 0 fully saturated rings. The minimum Gasteiger partial charge on any atom is -0.351 e. The van der Waals surface area contributed by atoms with E-state index in [-0.39, 0.29) is 23.1 Å². The lowest BCUT2D eigenvalue weighted by Gasteiger charge is -2.12. The molecule has 2 N–H and O–H groups in total. The van der Waals surface area contributed by atoms with Crippen LogP contribution in [-0.2, 0) is 11.3 Å². The van der Waals surface area contributed by atoms with Crippen LogP contribution < -0.4 is 10.6 Å². The molecule has 138 valence electrons. The molecular weight excluding hydrogens is 348 g/mol. The van der Waals surface area contributed by atoms with Crippen molar-refractivity contribution < 1.29 is 9.59 Å². The molecule has 2 aromatic rings. The number of benzene rings is 1. The van der Waals surface area contributed by atoms with Crippen LogP contribution in [0.1, 0.15) is 43.1 Å². The van der Waals surface area contributed by atoms with E-state index in [2.05, 4.69) is 20.6 Å². The number of hydrogen-bond donors (Lipinski definition) is 2. The Kier molecular flexibility index (Phi) is 7.59. The highest BCUT2D eigenvalue weighted by Gasteiger charge is 2.15. The second-order valence-corrected chi connectivity index (χ2v) is 7.30. The Morgan fingerprint density at radius 3 is 2.38 bits per heavy atom. The van der Waals surface area contributed by atoms with Gasteiger partial charge in [-0.2, -0.15) is 0 Å². The molecule has 0 radical (unpaired) electrons. The average molecular weight is 372 g/mol. The van der Waals surface area contributed by atoms with E-state index in [1.807, 2.05) is 32.9 Å². The largest absolute Gasteiger partial charge is 0.351 e. The Labute approximate surface area is 158 Å². The van der Waals surface area contributed by atoms with E-state index in [0.29, 0.717) is 17.3 Å². The molecule has 2 atom stereocenters. The molecule has 7 heteroatoms. The van der Waals surface area contributed by atoms with Crippen molar-refractivity contribution in [2.75, 3.05) is 0 Å². The quantitative estimate of drug-likeness (QED) is 0.550. The van der Waals surface area contributed by atoms with Gasteiger partial charge < -0.3 is 10.6 Å². The second kappa shape index (κ2) is 9.91. The molecule has 0 aliphatic carbocycles.